The Balaban J connectivity index is 1.26. The van der Waals surface area contributed by atoms with Crippen molar-refractivity contribution in [2.45, 2.75) is 44.9 Å². The van der Waals surface area contributed by atoms with Gasteiger partial charge in [-0.15, -0.1) is 0 Å². The highest BCUT2D eigenvalue weighted by Gasteiger charge is 2.33. The van der Waals surface area contributed by atoms with E-state index in [1.54, 1.807) is 13.3 Å². The molecule has 1 aromatic carbocycles. The second-order valence-corrected chi connectivity index (χ2v) is 9.25. The number of carboxylic acid groups (broad SMARTS) is 1. The van der Waals surface area contributed by atoms with E-state index in [-0.39, 0.29) is 11.8 Å². The Morgan fingerprint density at radius 2 is 2.03 bits per heavy atom. The average Bonchev–Trinajstić information content (AvgIpc) is 2.87. The van der Waals surface area contributed by atoms with Crippen LogP contribution < -0.4 is 4.74 Å². The van der Waals surface area contributed by atoms with Crippen molar-refractivity contribution in [1.29, 1.82) is 0 Å². The molecule has 1 fully saturated rings. The molecule has 3 aromatic rings. The number of aromatic nitrogens is 3. The second-order valence-electron chi connectivity index (χ2n) is 9.25. The first-order valence-corrected chi connectivity index (χ1v) is 12.3. The van der Waals surface area contributed by atoms with Gasteiger partial charge >= 0.3 is 5.97 Å². The summed E-state index contributed by atoms with van der Waals surface area (Å²) < 4.78 is 5.38. The van der Waals surface area contributed by atoms with Crippen molar-refractivity contribution >= 4 is 16.9 Å². The number of carboxylic acids is 1. The van der Waals surface area contributed by atoms with Gasteiger partial charge in [0.05, 0.1) is 24.7 Å². The van der Waals surface area contributed by atoms with Crippen LogP contribution in [0.3, 0.4) is 0 Å². The normalized spacial score (nSPS) is 18.7. The minimum atomic E-state index is -0.656. The third-order valence-electron chi connectivity index (χ3n) is 7.05. The maximum atomic E-state index is 12.0. The van der Waals surface area contributed by atoms with Gasteiger partial charge in [0.25, 0.3) is 0 Å². The SMILES string of the molecule is COc1ccc2nccc(CCC[C@@H]3CCN(CCCCc4ccnnc4)C[C@@H]3C(=O)O)c2c1. The van der Waals surface area contributed by atoms with Gasteiger partial charge in [0.1, 0.15) is 5.75 Å². The lowest BCUT2D eigenvalue weighted by atomic mass is 9.81. The number of methoxy groups -OCH3 is 1. The van der Waals surface area contributed by atoms with Gasteiger partial charge in [-0.2, -0.15) is 10.2 Å². The van der Waals surface area contributed by atoms with Crippen LogP contribution in [0.25, 0.3) is 10.9 Å². The number of ether oxygens (including phenoxy) is 1. The second kappa shape index (κ2) is 11.9. The van der Waals surface area contributed by atoms with E-state index in [2.05, 4.69) is 26.1 Å². The molecule has 1 N–H and O–H groups in total. The molecule has 1 saturated heterocycles. The number of unbranched alkanes of at least 4 members (excludes halogenated alkanes) is 1. The van der Waals surface area contributed by atoms with E-state index in [1.165, 1.54) is 11.1 Å². The van der Waals surface area contributed by atoms with Crippen LogP contribution in [0.5, 0.6) is 5.75 Å². The van der Waals surface area contributed by atoms with Crippen LogP contribution in [-0.4, -0.2) is 57.9 Å². The Labute approximate surface area is 201 Å². The van der Waals surface area contributed by atoms with Gasteiger partial charge in [-0.05, 0) is 105 Å². The van der Waals surface area contributed by atoms with Crippen LogP contribution in [0.15, 0.2) is 48.9 Å². The standard InChI is InChI=1S/C27H34N4O3/c1-34-23-8-9-26-24(17-23)21(11-13-28-26)6-4-7-22-12-16-31(19-25(22)27(32)33)15-3-2-5-20-10-14-29-30-18-20/h8-11,13-14,17-18,22,25H,2-7,12,15-16,19H2,1H3,(H,32,33)/t22-,25+/m1/s1. The fourth-order valence-corrected chi connectivity index (χ4v) is 5.11. The monoisotopic (exact) mass is 462 g/mol. The molecule has 1 aliphatic rings. The van der Waals surface area contributed by atoms with Crippen LogP contribution in [0.1, 0.15) is 43.2 Å². The van der Waals surface area contributed by atoms with Crippen LogP contribution in [0.2, 0.25) is 0 Å². The summed E-state index contributed by atoms with van der Waals surface area (Å²) in [6.45, 7) is 2.60. The molecule has 0 amide bonds. The molecule has 4 rings (SSSR count). The molecule has 0 unspecified atom stereocenters. The number of carbonyl (C=O) groups is 1. The first-order chi connectivity index (χ1) is 16.6. The highest BCUT2D eigenvalue weighted by atomic mass is 16.5. The molecule has 0 bridgehead atoms. The third kappa shape index (κ3) is 6.29. The quantitative estimate of drug-likeness (QED) is 0.423. The topological polar surface area (TPSA) is 88.4 Å². The Morgan fingerprint density at radius 1 is 1.12 bits per heavy atom. The van der Waals surface area contributed by atoms with E-state index >= 15 is 0 Å². The molecule has 180 valence electrons. The van der Waals surface area contributed by atoms with Crippen molar-refractivity contribution in [2.75, 3.05) is 26.7 Å². The predicted octanol–water partition coefficient (Wildman–Crippen LogP) is 4.40. The summed E-state index contributed by atoms with van der Waals surface area (Å²) in [5.74, 6) is 0.126. The van der Waals surface area contributed by atoms with E-state index in [9.17, 15) is 9.90 Å². The molecule has 2 atom stereocenters. The zero-order valence-corrected chi connectivity index (χ0v) is 19.9. The summed E-state index contributed by atoms with van der Waals surface area (Å²) in [5, 5.41) is 18.8. The fraction of sp³-hybridized carbons (Fsp3) is 0.481. The van der Waals surface area contributed by atoms with Gasteiger partial charge in [-0.3, -0.25) is 9.78 Å². The summed E-state index contributed by atoms with van der Waals surface area (Å²) in [6.07, 6.45) is 12.3. The summed E-state index contributed by atoms with van der Waals surface area (Å²) in [4.78, 5) is 18.8. The summed E-state index contributed by atoms with van der Waals surface area (Å²) >= 11 is 0. The highest BCUT2D eigenvalue weighted by Crippen LogP contribution is 2.30. The molecule has 3 heterocycles. The van der Waals surface area contributed by atoms with E-state index in [0.29, 0.717) is 6.54 Å². The van der Waals surface area contributed by atoms with Crippen molar-refractivity contribution in [3.63, 3.8) is 0 Å². The van der Waals surface area contributed by atoms with Gasteiger partial charge < -0.3 is 14.7 Å². The molecule has 0 saturated carbocycles. The van der Waals surface area contributed by atoms with Crippen LogP contribution in [0.4, 0.5) is 0 Å². The molecule has 2 aromatic heterocycles. The van der Waals surface area contributed by atoms with E-state index in [0.717, 1.165) is 74.7 Å². The van der Waals surface area contributed by atoms with Crippen molar-refractivity contribution < 1.29 is 14.6 Å². The first-order valence-electron chi connectivity index (χ1n) is 12.3. The maximum absolute atomic E-state index is 12.0. The number of benzene rings is 1. The van der Waals surface area contributed by atoms with Gasteiger partial charge in [0.2, 0.25) is 0 Å². The van der Waals surface area contributed by atoms with Gasteiger partial charge in [-0.25, -0.2) is 0 Å². The molecule has 7 heteroatoms. The number of rotatable bonds is 11. The number of hydrogen-bond donors (Lipinski definition) is 1. The molecular weight excluding hydrogens is 428 g/mol. The first kappa shape index (κ1) is 24.1. The molecule has 7 nitrogen and oxygen atoms in total. The Bertz CT molecular complexity index is 1080. The van der Waals surface area contributed by atoms with Gasteiger partial charge in [0, 0.05) is 24.3 Å². The average molecular weight is 463 g/mol. The number of hydrogen-bond acceptors (Lipinski definition) is 6. The number of piperidine rings is 1. The van der Waals surface area contributed by atoms with E-state index in [4.69, 9.17) is 4.74 Å². The van der Waals surface area contributed by atoms with E-state index < -0.39 is 5.97 Å². The Morgan fingerprint density at radius 3 is 2.82 bits per heavy atom. The molecule has 0 spiro atoms. The van der Waals surface area contributed by atoms with Crippen LogP contribution in [0, 0.1) is 11.8 Å². The number of aryl methyl sites for hydroxylation is 2. The van der Waals surface area contributed by atoms with Crippen molar-refractivity contribution in [1.82, 2.24) is 20.1 Å². The maximum Gasteiger partial charge on any atom is 0.308 e. The van der Waals surface area contributed by atoms with Crippen LogP contribution in [-0.2, 0) is 17.6 Å². The lowest BCUT2D eigenvalue weighted by Crippen LogP contribution is -2.44. The van der Waals surface area contributed by atoms with Crippen molar-refractivity contribution in [2.24, 2.45) is 11.8 Å². The zero-order valence-electron chi connectivity index (χ0n) is 19.9. The summed E-state index contributed by atoms with van der Waals surface area (Å²) in [5.41, 5.74) is 3.42. The predicted molar refractivity (Wildman–Crippen MR) is 132 cm³/mol. The molecule has 0 radical (unpaired) electrons. The summed E-state index contributed by atoms with van der Waals surface area (Å²) in [6, 6.07) is 10.0. The van der Waals surface area contributed by atoms with Crippen molar-refractivity contribution in [3.05, 3.63) is 60.0 Å². The minimum Gasteiger partial charge on any atom is -0.497 e. The molecular formula is C27H34N4O3. The number of nitrogens with zero attached hydrogens (tertiary/aromatic N) is 4. The van der Waals surface area contributed by atoms with Crippen molar-refractivity contribution in [3.8, 4) is 5.75 Å². The van der Waals surface area contributed by atoms with E-state index in [1.807, 2.05) is 36.7 Å². The lowest BCUT2D eigenvalue weighted by Gasteiger charge is -2.36. The largest absolute Gasteiger partial charge is 0.497 e. The number of likely N-dealkylation sites (tertiary alicyclic amines) is 1. The molecule has 0 aliphatic carbocycles. The number of pyridine rings is 1. The third-order valence-corrected chi connectivity index (χ3v) is 7.05. The highest BCUT2D eigenvalue weighted by molar-refractivity contribution is 5.83. The number of aliphatic carboxylic acids is 1. The Kier molecular flexibility index (Phi) is 8.41. The van der Waals surface area contributed by atoms with Crippen LogP contribution >= 0.6 is 0 Å². The molecule has 34 heavy (non-hydrogen) atoms. The van der Waals surface area contributed by atoms with Gasteiger partial charge in [-0.1, -0.05) is 0 Å². The molecule has 1 aliphatic heterocycles. The summed E-state index contributed by atoms with van der Waals surface area (Å²) in [7, 11) is 1.67. The smallest absolute Gasteiger partial charge is 0.308 e. The minimum absolute atomic E-state index is 0.235. The lowest BCUT2D eigenvalue weighted by molar-refractivity contribution is -0.146. The number of fused-ring (bicyclic) bond motifs is 1. The fourth-order valence-electron chi connectivity index (χ4n) is 5.11. The van der Waals surface area contributed by atoms with Gasteiger partial charge in [0.15, 0.2) is 0 Å². The zero-order chi connectivity index (χ0) is 23.8. The Hall–Kier alpha value is -3.06.